The number of anilines is 1. The molecule has 23 heavy (non-hydrogen) atoms. The highest BCUT2D eigenvalue weighted by molar-refractivity contribution is 5.92. The van der Waals surface area contributed by atoms with Gasteiger partial charge in [0.15, 0.2) is 0 Å². The topological polar surface area (TPSA) is 38.3 Å². The van der Waals surface area contributed by atoms with Gasteiger partial charge in [-0.25, -0.2) is 0 Å². The molecule has 0 saturated heterocycles. The number of amides is 1. The first-order valence-corrected chi connectivity index (χ1v) is 8.30. The molecule has 1 aliphatic rings. The molecule has 1 aliphatic carbocycles. The lowest BCUT2D eigenvalue weighted by Gasteiger charge is -2.12. The number of hydrogen-bond donors (Lipinski definition) is 1. The largest absolute Gasteiger partial charge is 0.489 e. The minimum Gasteiger partial charge on any atom is -0.489 e. The monoisotopic (exact) mass is 309 g/mol. The molecule has 1 fully saturated rings. The zero-order valence-corrected chi connectivity index (χ0v) is 13.5. The maximum absolute atomic E-state index is 12.2. The van der Waals surface area contributed by atoms with E-state index < -0.39 is 0 Å². The Bertz CT molecular complexity index is 675. The van der Waals surface area contributed by atoms with Gasteiger partial charge in [-0.1, -0.05) is 43.2 Å². The summed E-state index contributed by atoms with van der Waals surface area (Å²) >= 11 is 0. The van der Waals surface area contributed by atoms with Crippen molar-refractivity contribution in [1.29, 1.82) is 0 Å². The molecule has 0 aromatic heterocycles. The standard InChI is InChI=1S/C20H23NO2/c1-15-7-2-3-10-17(15)14-23-19-12-6-11-18(13-19)21-20(22)16-8-4-5-9-16/h2-3,6-7,10-13,16H,4-5,8-9,14H2,1H3,(H,21,22). The molecule has 0 bridgehead atoms. The van der Waals surface area contributed by atoms with Crippen LogP contribution >= 0.6 is 0 Å². The quantitative estimate of drug-likeness (QED) is 0.869. The minimum absolute atomic E-state index is 0.138. The second kappa shape index (κ2) is 7.32. The number of nitrogens with one attached hydrogen (secondary N) is 1. The number of ether oxygens (including phenoxy) is 1. The first-order valence-electron chi connectivity index (χ1n) is 8.30. The summed E-state index contributed by atoms with van der Waals surface area (Å²) < 4.78 is 5.87. The van der Waals surface area contributed by atoms with Gasteiger partial charge in [0.25, 0.3) is 0 Å². The van der Waals surface area contributed by atoms with Gasteiger partial charge in [-0.05, 0) is 43.0 Å². The van der Waals surface area contributed by atoms with Crippen molar-refractivity contribution in [2.24, 2.45) is 5.92 Å². The molecule has 2 aromatic rings. The molecule has 0 unspecified atom stereocenters. The molecule has 0 heterocycles. The summed E-state index contributed by atoms with van der Waals surface area (Å²) in [6.45, 7) is 2.61. The molecule has 1 saturated carbocycles. The van der Waals surface area contributed by atoms with E-state index in [0.29, 0.717) is 6.61 Å². The first kappa shape index (κ1) is 15.6. The molecule has 0 aliphatic heterocycles. The molecular weight excluding hydrogens is 286 g/mol. The van der Waals surface area contributed by atoms with E-state index in [4.69, 9.17) is 4.74 Å². The van der Waals surface area contributed by atoms with Crippen molar-refractivity contribution in [1.82, 2.24) is 0 Å². The van der Waals surface area contributed by atoms with E-state index in [1.807, 2.05) is 36.4 Å². The highest BCUT2D eigenvalue weighted by Gasteiger charge is 2.22. The van der Waals surface area contributed by atoms with Crippen LogP contribution in [0.1, 0.15) is 36.8 Å². The Morgan fingerprint density at radius 2 is 1.91 bits per heavy atom. The molecular formula is C20H23NO2. The first-order chi connectivity index (χ1) is 11.2. The molecule has 3 rings (SSSR count). The summed E-state index contributed by atoms with van der Waals surface area (Å²) in [5, 5.41) is 3.01. The maximum Gasteiger partial charge on any atom is 0.227 e. The van der Waals surface area contributed by atoms with Crippen LogP contribution in [0, 0.1) is 12.8 Å². The van der Waals surface area contributed by atoms with Gasteiger partial charge in [-0.3, -0.25) is 4.79 Å². The molecule has 120 valence electrons. The third-order valence-corrected chi connectivity index (χ3v) is 4.48. The van der Waals surface area contributed by atoms with Crippen LogP contribution in [0.25, 0.3) is 0 Å². The Morgan fingerprint density at radius 1 is 1.13 bits per heavy atom. The highest BCUT2D eigenvalue weighted by Crippen LogP contribution is 2.27. The molecule has 2 aromatic carbocycles. The normalized spacial score (nSPS) is 14.7. The van der Waals surface area contributed by atoms with Crippen LogP contribution in [-0.4, -0.2) is 5.91 Å². The van der Waals surface area contributed by atoms with Gasteiger partial charge in [0.05, 0.1) is 0 Å². The van der Waals surface area contributed by atoms with Crippen LogP contribution in [0.2, 0.25) is 0 Å². The van der Waals surface area contributed by atoms with Gasteiger partial charge >= 0.3 is 0 Å². The molecule has 3 nitrogen and oxygen atoms in total. The van der Waals surface area contributed by atoms with Gasteiger partial charge < -0.3 is 10.1 Å². The van der Waals surface area contributed by atoms with E-state index in [0.717, 1.165) is 37.1 Å². The van der Waals surface area contributed by atoms with Crippen molar-refractivity contribution < 1.29 is 9.53 Å². The van der Waals surface area contributed by atoms with Crippen molar-refractivity contribution in [3.63, 3.8) is 0 Å². The number of hydrogen-bond acceptors (Lipinski definition) is 2. The Morgan fingerprint density at radius 3 is 2.70 bits per heavy atom. The molecule has 1 amide bonds. The van der Waals surface area contributed by atoms with E-state index >= 15 is 0 Å². The Kier molecular flexibility index (Phi) is 4.96. The van der Waals surface area contributed by atoms with Gasteiger partial charge in [-0.2, -0.15) is 0 Å². The summed E-state index contributed by atoms with van der Waals surface area (Å²) in [6, 6.07) is 15.8. The Hall–Kier alpha value is -2.29. The van der Waals surface area contributed by atoms with E-state index in [2.05, 4.69) is 24.4 Å². The Balaban J connectivity index is 1.61. The van der Waals surface area contributed by atoms with Crippen molar-refractivity contribution in [3.8, 4) is 5.75 Å². The molecule has 0 radical (unpaired) electrons. The van der Waals surface area contributed by atoms with Crippen molar-refractivity contribution in [2.75, 3.05) is 5.32 Å². The third kappa shape index (κ3) is 4.13. The van der Waals surface area contributed by atoms with Crippen LogP contribution in [0.5, 0.6) is 5.75 Å². The fourth-order valence-electron chi connectivity index (χ4n) is 3.03. The Labute approximate surface area is 137 Å². The number of carbonyl (C=O) groups is 1. The lowest BCUT2D eigenvalue weighted by Crippen LogP contribution is -2.20. The summed E-state index contributed by atoms with van der Waals surface area (Å²) in [7, 11) is 0. The maximum atomic E-state index is 12.2. The van der Waals surface area contributed by atoms with E-state index in [1.54, 1.807) is 0 Å². The van der Waals surface area contributed by atoms with Crippen molar-refractivity contribution in [2.45, 2.75) is 39.2 Å². The van der Waals surface area contributed by atoms with E-state index in [-0.39, 0.29) is 11.8 Å². The second-order valence-electron chi connectivity index (χ2n) is 6.21. The number of benzene rings is 2. The van der Waals surface area contributed by atoms with Gasteiger partial charge in [0.1, 0.15) is 12.4 Å². The van der Waals surface area contributed by atoms with Gasteiger partial charge in [0, 0.05) is 17.7 Å². The SMILES string of the molecule is Cc1ccccc1COc1cccc(NC(=O)C2CCCC2)c1. The predicted octanol–water partition coefficient (Wildman–Crippen LogP) is 4.70. The predicted molar refractivity (Wildman–Crippen MR) is 92.5 cm³/mol. The number of carbonyl (C=O) groups excluding carboxylic acids is 1. The molecule has 0 spiro atoms. The van der Waals surface area contributed by atoms with Crippen LogP contribution in [0.4, 0.5) is 5.69 Å². The summed E-state index contributed by atoms with van der Waals surface area (Å²) in [6.07, 6.45) is 4.35. The van der Waals surface area contributed by atoms with Crippen LogP contribution in [0.3, 0.4) is 0 Å². The van der Waals surface area contributed by atoms with Gasteiger partial charge in [0.2, 0.25) is 5.91 Å². The zero-order chi connectivity index (χ0) is 16.1. The number of rotatable bonds is 5. The average molecular weight is 309 g/mol. The lowest BCUT2D eigenvalue weighted by molar-refractivity contribution is -0.119. The van der Waals surface area contributed by atoms with E-state index in [1.165, 1.54) is 11.1 Å². The number of aryl methyl sites for hydroxylation is 1. The third-order valence-electron chi connectivity index (χ3n) is 4.48. The average Bonchev–Trinajstić information content (AvgIpc) is 3.09. The van der Waals surface area contributed by atoms with Gasteiger partial charge in [-0.15, -0.1) is 0 Å². The van der Waals surface area contributed by atoms with Crippen molar-refractivity contribution in [3.05, 3.63) is 59.7 Å². The molecule has 3 heteroatoms. The summed E-state index contributed by atoms with van der Waals surface area (Å²) in [5.74, 6) is 1.09. The second-order valence-corrected chi connectivity index (χ2v) is 6.21. The zero-order valence-electron chi connectivity index (χ0n) is 13.5. The highest BCUT2D eigenvalue weighted by atomic mass is 16.5. The smallest absolute Gasteiger partial charge is 0.227 e. The fourth-order valence-corrected chi connectivity index (χ4v) is 3.03. The van der Waals surface area contributed by atoms with Crippen LogP contribution < -0.4 is 10.1 Å². The lowest BCUT2D eigenvalue weighted by atomic mass is 10.1. The summed E-state index contributed by atoms with van der Waals surface area (Å²) in [5.41, 5.74) is 3.20. The van der Waals surface area contributed by atoms with Crippen LogP contribution in [0.15, 0.2) is 48.5 Å². The molecule has 1 N–H and O–H groups in total. The fraction of sp³-hybridized carbons (Fsp3) is 0.350. The van der Waals surface area contributed by atoms with E-state index in [9.17, 15) is 4.79 Å². The summed E-state index contributed by atoms with van der Waals surface area (Å²) in [4.78, 5) is 12.2. The van der Waals surface area contributed by atoms with Crippen molar-refractivity contribution >= 4 is 11.6 Å². The molecule has 0 atom stereocenters. The van der Waals surface area contributed by atoms with Crippen LogP contribution in [-0.2, 0) is 11.4 Å². The minimum atomic E-state index is 0.138.